The van der Waals surface area contributed by atoms with Crippen molar-refractivity contribution < 1.29 is 14.3 Å². The van der Waals surface area contributed by atoms with E-state index >= 15 is 0 Å². The molecule has 0 spiro atoms. The van der Waals surface area contributed by atoms with E-state index in [9.17, 15) is 9.59 Å². The van der Waals surface area contributed by atoms with Crippen molar-refractivity contribution in [2.24, 2.45) is 0 Å². The van der Waals surface area contributed by atoms with Gasteiger partial charge in [0.2, 0.25) is 5.91 Å². The molecule has 21 heavy (non-hydrogen) atoms. The van der Waals surface area contributed by atoms with Crippen LogP contribution in [-0.4, -0.2) is 29.9 Å². The standard InChI is InChI=1S/C16H20ClNO3/c17-14-8-6-13(7-9-14)12-21-16(20)11-18-10-4-2-1-3-5-15(18)19/h6-9H,1-5,10-12H2. The van der Waals surface area contributed by atoms with Gasteiger partial charge < -0.3 is 9.64 Å². The van der Waals surface area contributed by atoms with Gasteiger partial charge in [0, 0.05) is 18.0 Å². The molecule has 0 N–H and O–H groups in total. The lowest BCUT2D eigenvalue weighted by Crippen LogP contribution is -2.37. The minimum Gasteiger partial charge on any atom is -0.459 e. The Hall–Kier alpha value is -1.55. The van der Waals surface area contributed by atoms with Gasteiger partial charge in [-0.15, -0.1) is 0 Å². The number of halogens is 1. The zero-order valence-electron chi connectivity index (χ0n) is 12.0. The average Bonchev–Trinajstić information content (AvgIpc) is 2.46. The Morgan fingerprint density at radius 1 is 1.14 bits per heavy atom. The minimum absolute atomic E-state index is 0.0480. The lowest BCUT2D eigenvalue weighted by atomic mass is 10.1. The molecule has 1 fully saturated rings. The molecule has 0 unspecified atom stereocenters. The molecule has 0 aromatic heterocycles. The Kier molecular flexibility index (Phi) is 6.05. The maximum Gasteiger partial charge on any atom is 0.325 e. The molecule has 1 aromatic rings. The Morgan fingerprint density at radius 2 is 1.86 bits per heavy atom. The van der Waals surface area contributed by atoms with Crippen LogP contribution >= 0.6 is 11.6 Å². The number of hydrogen-bond acceptors (Lipinski definition) is 3. The van der Waals surface area contributed by atoms with Crippen LogP contribution in [0.3, 0.4) is 0 Å². The molecule has 4 nitrogen and oxygen atoms in total. The number of likely N-dealkylation sites (tertiary alicyclic amines) is 1. The van der Waals surface area contributed by atoms with E-state index < -0.39 is 0 Å². The van der Waals surface area contributed by atoms with Crippen molar-refractivity contribution in [3.05, 3.63) is 34.9 Å². The number of hydrogen-bond donors (Lipinski definition) is 0. The fourth-order valence-corrected chi connectivity index (χ4v) is 2.45. The number of rotatable bonds is 4. The number of carbonyl (C=O) groups excluding carboxylic acids is 2. The number of esters is 1. The highest BCUT2D eigenvalue weighted by Crippen LogP contribution is 2.13. The maximum absolute atomic E-state index is 11.9. The van der Waals surface area contributed by atoms with Gasteiger partial charge in [0.15, 0.2) is 0 Å². The van der Waals surface area contributed by atoms with E-state index in [1.165, 1.54) is 0 Å². The molecule has 0 atom stereocenters. The molecule has 0 saturated carbocycles. The van der Waals surface area contributed by atoms with Gasteiger partial charge in [-0.1, -0.05) is 36.6 Å². The second kappa shape index (κ2) is 8.03. The van der Waals surface area contributed by atoms with E-state index in [1.54, 1.807) is 17.0 Å². The summed E-state index contributed by atoms with van der Waals surface area (Å²) >= 11 is 5.80. The number of benzene rings is 1. The largest absolute Gasteiger partial charge is 0.459 e. The molecule has 2 rings (SSSR count). The topological polar surface area (TPSA) is 46.6 Å². The van der Waals surface area contributed by atoms with Gasteiger partial charge in [-0.3, -0.25) is 9.59 Å². The summed E-state index contributed by atoms with van der Waals surface area (Å²) in [7, 11) is 0. The molecule has 1 aliphatic heterocycles. The van der Waals surface area contributed by atoms with Crippen molar-refractivity contribution in [1.82, 2.24) is 4.90 Å². The number of ether oxygens (including phenoxy) is 1. The van der Waals surface area contributed by atoms with Crippen molar-refractivity contribution in [2.75, 3.05) is 13.1 Å². The van der Waals surface area contributed by atoms with Crippen LogP contribution < -0.4 is 0 Å². The predicted molar refractivity (Wildman–Crippen MR) is 80.9 cm³/mol. The monoisotopic (exact) mass is 309 g/mol. The van der Waals surface area contributed by atoms with Crippen molar-refractivity contribution in [1.29, 1.82) is 0 Å². The number of nitrogens with zero attached hydrogens (tertiary/aromatic N) is 1. The smallest absolute Gasteiger partial charge is 0.325 e. The summed E-state index contributed by atoms with van der Waals surface area (Å²) in [6, 6.07) is 7.15. The second-order valence-corrected chi connectivity index (χ2v) is 5.70. The summed E-state index contributed by atoms with van der Waals surface area (Å²) in [6.07, 6.45) is 4.61. The van der Waals surface area contributed by atoms with Gasteiger partial charge in [-0.05, 0) is 30.5 Å². The average molecular weight is 310 g/mol. The summed E-state index contributed by atoms with van der Waals surface area (Å²) in [6.45, 7) is 0.902. The summed E-state index contributed by atoms with van der Waals surface area (Å²) in [5.74, 6) is -0.308. The molecule has 1 aliphatic rings. The number of amides is 1. The van der Waals surface area contributed by atoms with Crippen LogP contribution in [0.4, 0.5) is 0 Å². The van der Waals surface area contributed by atoms with E-state index in [4.69, 9.17) is 16.3 Å². The van der Waals surface area contributed by atoms with Gasteiger partial charge in [0.05, 0.1) is 0 Å². The van der Waals surface area contributed by atoms with Gasteiger partial charge in [-0.25, -0.2) is 0 Å². The predicted octanol–water partition coefficient (Wildman–Crippen LogP) is 3.18. The highest BCUT2D eigenvalue weighted by Gasteiger charge is 2.19. The first kappa shape index (κ1) is 15.8. The van der Waals surface area contributed by atoms with E-state index in [2.05, 4.69) is 0 Å². The molecule has 114 valence electrons. The van der Waals surface area contributed by atoms with Crippen LogP contribution in [0.1, 0.15) is 37.7 Å². The zero-order valence-corrected chi connectivity index (χ0v) is 12.8. The van der Waals surface area contributed by atoms with Crippen LogP contribution in [0.5, 0.6) is 0 Å². The fourth-order valence-electron chi connectivity index (χ4n) is 2.33. The molecule has 1 saturated heterocycles. The first-order valence-electron chi connectivity index (χ1n) is 7.33. The Labute approximate surface area is 130 Å². The van der Waals surface area contributed by atoms with Crippen molar-refractivity contribution >= 4 is 23.5 Å². The zero-order chi connectivity index (χ0) is 15.1. The van der Waals surface area contributed by atoms with Gasteiger partial charge in [-0.2, -0.15) is 0 Å². The molecule has 1 heterocycles. The molecule has 1 amide bonds. The highest BCUT2D eigenvalue weighted by atomic mass is 35.5. The van der Waals surface area contributed by atoms with E-state index in [0.29, 0.717) is 18.0 Å². The quantitative estimate of drug-likeness (QED) is 0.803. The third-order valence-electron chi connectivity index (χ3n) is 3.55. The third kappa shape index (κ3) is 5.38. The lowest BCUT2D eigenvalue weighted by Gasteiger charge is -2.23. The summed E-state index contributed by atoms with van der Waals surface area (Å²) in [5.41, 5.74) is 0.881. The van der Waals surface area contributed by atoms with Gasteiger partial charge >= 0.3 is 5.97 Å². The molecular weight excluding hydrogens is 290 g/mol. The Morgan fingerprint density at radius 3 is 2.62 bits per heavy atom. The van der Waals surface area contributed by atoms with Gasteiger partial charge in [0.25, 0.3) is 0 Å². The third-order valence-corrected chi connectivity index (χ3v) is 3.81. The summed E-state index contributed by atoms with van der Waals surface area (Å²) < 4.78 is 5.22. The van der Waals surface area contributed by atoms with Crippen LogP contribution in [0.25, 0.3) is 0 Å². The first-order valence-corrected chi connectivity index (χ1v) is 7.71. The van der Waals surface area contributed by atoms with Crippen molar-refractivity contribution in [3.8, 4) is 0 Å². The Bertz CT molecular complexity index is 487. The molecule has 1 aromatic carbocycles. The van der Waals surface area contributed by atoms with E-state index in [0.717, 1.165) is 31.2 Å². The van der Waals surface area contributed by atoms with E-state index in [-0.39, 0.29) is 25.0 Å². The molecule has 0 radical (unpaired) electrons. The molecular formula is C16H20ClNO3. The van der Waals surface area contributed by atoms with Crippen LogP contribution in [0.15, 0.2) is 24.3 Å². The van der Waals surface area contributed by atoms with E-state index in [1.807, 2.05) is 12.1 Å². The SMILES string of the molecule is O=C(CN1CCCCCCC1=O)OCc1ccc(Cl)cc1. The molecule has 0 bridgehead atoms. The molecule has 5 heteroatoms. The second-order valence-electron chi connectivity index (χ2n) is 5.27. The fraction of sp³-hybridized carbons (Fsp3) is 0.500. The molecule has 0 aliphatic carbocycles. The minimum atomic E-state index is -0.362. The van der Waals surface area contributed by atoms with Crippen LogP contribution in [-0.2, 0) is 20.9 Å². The van der Waals surface area contributed by atoms with Crippen LogP contribution in [0, 0.1) is 0 Å². The Balaban J connectivity index is 1.79. The number of carbonyl (C=O) groups is 2. The van der Waals surface area contributed by atoms with Crippen molar-refractivity contribution in [2.45, 2.75) is 38.7 Å². The lowest BCUT2D eigenvalue weighted by molar-refractivity contribution is -0.150. The normalized spacial score (nSPS) is 16.2. The van der Waals surface area contributed by atoms with Crippen LogP contribution in [0.2, 0.25) is 5.02 Å². The maximum atomic E-state index is 11.9. The first-order chi connectivity index (χ1) is 10.1. The summed E-state index contributed by atoms with van der Waals surface area (Å²) in [4.78, 5) is 25.4. The summed E-state index contributed by atoms with van der Waals surface area (Å²) in [5, 5.41) is 0.649. The highest BCUT2D eigenvalue weighted by molar-refractivity contribution is 6.30. The van der Waals surface area contributed by atoms with Gasteiger partial charge in [0.1, 0.15) is 13.2 Å². The van der Waals surface area contributed by atoms with Crippen molar-refractivity contribution in [3.63, 3.8) is 0 Å².